The van der Waals surface area contributed by atoms with Gasteiger partial charge >= 0.3 is 0 Å². The minimum atomic E-state index is -0.215. The van der Waals surface area contributed by atoms with E-state index >= 15 is 0 Å². The van der Waals surface area contributed by atoms with Crippen LogP contribution in [0, 0.1) is 5.92 Å². The molecule has 0 saturated carbocycles. The quantitative estimate of drug-likeness (QED) is 0.806. The van der Waals surface area contributed by atoms with Crippen molar-refractivity contribution in [2.75, 3.05) is 26.4 Å². The molecule has 5 nitrogen and oxygen atoms in total. The molecule has 19 heavy (non-hydrogen) atoms. The fourth-order valence-electron chi connectivity index (χ4n) is 2.76. The average Bonchev–Trinajstić information content (AvgIpc) is 2.99. The molecule has 2 amide bonds. The first kappa shape index (κ1) is 12.3. The molecule has 1 saturated heterocycles. The zero-order valence-corrected chi connectivity index (χ0v) is 10.6. The maximum absolute atomic E-state index is 12.2. The number of rotatable bonds is 3. The zero-order valence-electron chi connectivity index (χ0n) is 10.6. The molecule has 5 heteroatoms. The van der Waals surface area contributed by atoms with Gasteiger partial charge in [-0.05, 0) is 24.5 Å². The van der Waals surface area contributed by atoms with Gasteiger partial charge in [0, 0.05) is 19.7 Å². The van der Waals surface area contributed by atoms with Gasteiger partial charge in [-0.2, -0.15) is 0 Å². The van der Waals surface area contributed by atoms with E-state index in [-0.39, 0.29) is 24.3 Å². The van der Waals surface area contributed by atoms with Crippen molar-refractivity contribution < 1.29 is 14.7 Å². The van der Waals surface area contributed by atoms with Gasteiger partial charge in [0.2, 0.25) is 0 Å². The summed E-state index contributed by atoms with van der Waals surface area (Å²) >= 11 is 0. The van der Waals surface area contributed by atoms with E-state index in [9.17, 15) is 9.59 Å². The molecule has 1 N–H and O–H groups in total. The largest absolute Gasteiger partial charge is 0.396 e. The number of hydrogen-bond donors (Lipinski definition) is 1. The normalized spacial score (nSPS) is 23.2. The zero-order chi connectivity index (χ0) is 13.4. The van der Waals surface area contributed by atoms with Gasteiger partial charge in [0.15, 0.2) is 0 Å². The maximum Gasteiger partial charge on any atom is 0.262 e. The van der Waals surface area contributed by atoms with Crippen LogP contribution in [0.5, 0.6) is 0 Å². The highest BCUT2D eigenvalue weighted by molar-refractivity contribution is 6.21. The van der Waals surface area contributed by atoms with Crippen LogP contribution in [-0.4, -0.2) is 53.1 Å². The molecule has 0 aromatic heterocycles. The minimum Gasteiger partial charge on any atom is -0.396 e. The standard InChI is InChI=1S/C14H16N2O3/c17-8-10-5-6-15(7-10)9-16-13(18)11-3-1-2-4-12(11)14(16)19/h1-4,10,17H,5-9H2. The molecule has 3 rings (SSSR count). The molecule has 0 bridgehead atoms. The molecule has 1 atom stereocenters. The Labute approximate surface area is 111 Å². The molecule has 0 radical (unpaired) electrons. The van der Waals surface area contributed by atoms with Crippen LogP contribution in [0.15, 0.2) is 24.3 Å². The van der Waals surface area contributed by atoms with E-state index in [1.54, 1.807) is 24.3 Å². The van der Waals surface area contributed by atoms with Crippen molar-refractivity contribution >= 4 is 11.8 Å². The number of carbonyl (C=O) groups excluding carboxylic acids is 2. The van der Waals surface area contributed by atoms with Crippen molar-refractivity contribution in [3.63, 3.8) is 0 Å². The first-order valence-electron chi connectivity index (χ1n) is 6.49. The van der Waals surface area contributed by atoms with Gasteiger partial charge in [-0.3, -0.25) is 19.4 Å². The van der Waals surface area contributed by atoms with Crippen molar-refractivity contribution in [2.24, 2.45) is 5.92 Å². The van der Waals surface area contributed by atoms with Gasteiger partial charge in [-0.15, -0.1) is 0 Å². The number of aliphatic hydroxyl groups excluding tert-OH is 1. The van der Waals surface area contributed by atoms with E-state index in [1.807, 2.05) is 4.90 Å². The molecule has 2 heterocycles. The van der Waals surface area contributed by atoms with E-state index < -0.39 is 0 Å². The second kappa shape index (κ2) is 4.75. The van der Waals surface area contributed by atoms with E-state index in [1.165, 1.54) is 4.90 Å². The lowest BCUT2D eigenvalue weighted by Gasteiger charge is -2.22. The Balaban J connectivity index is 1.74. The van der Waals surface area contributed by atoms with Gasteiger partial charge < -0.3 is 5.11 Å². The number of nitrogens with zero attached hydrogens (tertiary/aromatic N) is 2. The van der Waals surface area contributed by atoms with E-state index in [0.29, 0.717) is 17.8 Å². The Bertz CT molecular complexity index is 494. The van der Waals surface area contributed by atoms with Crippen LogP contribution in [0.25, 0.3) is 0 Å². The van der Waals surface area contributed by atoms with Gasteiger partial charge in [0.1, 0.15) is 0 Å². The first-order valence-corrected chi connectivity index (χ1v) is 6.49. The van der Waals surface area contributed by atoms with Crippen molar-refractivity contribution in [3.05, 3.63) is 35.4 Å². The summed E-state index contributed by atoms with van der Waals surface area (Å²) in [5, 5.41) is 9.12. The molecule has 1 aromatic rings. The minimum absolute atomic E-state index is 0.165. The maximum atomic E-state index is 12.2. The van der Waals surface area contributed by atoms with E-state index in [0.717, 1.165) is 19.5 Å². The summed E-state index contributed by atoms with van der Waals surface area (Å²) in [5.41, 5.74) is 0.982. The highest BCUT2D eigenvalue weighted by Crippen LogP contribution is 2.24. The average molecular weight is 260 g/mol. The summed E-state index contributed by atoms with van der Waals surface area (Å²) < 4.78 is 0. The van der Waals surface area contributed by atoms with Crippen LogP contribution in [0.4, 0.5) is 0 Å². The summed E-state index contributed by atoms with van der Waals surface area (Å²) in [5.74, 6) is -0.170. The van der Waals surface area contributed by atoms with E-state index in [2.05, 4.69) is 0 Å². The number of carbonyl (C=O) groups is 2. The predicted octanol–water partition coefficient (Wildman–Crippen LogP) is 0.554. The Morgan fingerprint density at radius 3 is 2.32 bits per heavy atom. The Morgan fingerprint density at radius 2 is 1.79 bits per heavy atom. The second-order valence-corrected chi connectivity index (χ2v) is 5.14. The lowest BCUT2D eigenvalue weighted by molar-refractivity contribution is 0.0558. The molecule has 100 valence electrons. The van der Waals surface area contributed by atoms with Crippen molar-refractivity contribution in [1.82, 2.24) is 9.80 Å². The molecule has 1 aromatic carbocycles. The van der Waals surface area contributed by atoms with Crippen LogP contribution in [0.1, 0.15) is 27.1 Å². The monoisotopic (exact) mass is 260 g/mol. The molecule has 0 aliphatic carbocycles. The Morgan fingerprint density at radius 1 is 1.16 bits per heavy atom. The van der Waals surface area contributed by atoms with Crippen molar-refractivity contribution in [1.29, 1.82) is 0 Å². The van der Waals surface area contributed by atoms with Crippen molar-refractivity contribution in [2.45, 2.75) is 6.42 Å². The van der Waals surface area contributed by atoms with Crippen LogP contribution in [-0.2, 0) is 0 Å². The lowest BCUT2D eigenvalue weighted by Crippen LogP contribution is -2.40. The number of aliphatic hydroxyl groups is 1. The fraction of sp³-hybridized carbons (Fsp3) is 0.429. The molecule has 2 aliphatic rings. The summed E-state index contributed by atoms with van der Waals surface area (Å²) in [6.07, 6.45) is 0.916. The van der Waals surface area contributed by atoms with Crippen LogP contribution in [0.2, 0.25) is 0 Å². The van der Waals surface area contributed by atoms with Gasteiger partial charge in [-0.25, -0.2) is 0 Å². The SMILES string of the molecule is O=C1c2ccccc2C(=O)N1CN1CCC(CO)C1. The number of imide groups is 1. The molecule has 0 spiro atoms. The molecule has 1 unspecified atom stereocenters. The van der Waals surface area contributed by atoms with Gasteiger partial charge in [0.05, 0.1) is 17.8 Å². The van der Waals surface area contributed by atoms with E-state index in [4.69, 9.17) is 5.11 Å². The summed E-state index contributed by atoms with van der Waals surface area (Å²) in [6, 6.07) is 6.92. The third-order valence-electron chi connectivity index (χ3n) is 3.85. The topological polar surface area (TPSA) is 60.9 Å². The number of hydrogen-bond acceptors (Lipinski definition) is 4. The fourth-order valence-corrected chi connectivity index (χ4v) is 2.76. The van der Waals surface area contributed by atoms with Crippen LogP contribution < -0.4 is 0 Å². The number of likely N-dealkylation sites (tertiary alicyclic amines) is 1. The smallest absolute Gasteiger partial charge is 0.262 e. The third-order valence-corrected chi connectivity index (χ3v) is 3.85. The van der Waals surface area contributed by atoms with Gasteiger partial charge in [-0.1, -0.05) is 12.1 Å². The summed E-state index contributed by atoms with van der Waals surface area (Å²) in [4.78, 5) is 27.7. The molecular formula is C14H16N2O3. The van der Waals surface area contributed by atoms with Crippen molar-refractivity contribution in [3.8, 4) is 0 Å². The number of benzene rings is 1. The number of fused-ring (bicyclic) bond motifs is 1. The van der Waals surface area contributed by atoms with Gasteiger partial charge in [0.25, 0.3) is 11.8 Å². The highest BCUT2D eigenvalue weighted by Gasteiger charge is 2.37. The molecule has 2 aliphatic heterocycles. The first-order chi connectivity index (χ1) is 9.20. The lowest BCUT2D eigenvalue weighted by atomic mass is 10.1. The third kappa shape index (κ3) is 2.05. The summed E-state index contributed by atoms with van der Waals surface area (Å²) in [7, 11) is 0. The molecule has 1 fully saturated rings. The second-order valence-electron chi connectivity index (χ2n) is 5.14. The molecular weight excluding hydrogens is 244 g/mol. The number of amides is 2. The Kier molecular flexibility index (Phi) is 3.08. The highest BCUT2D eigenvalue weighted by atomic mass is 16.3. The Hall–Kier alpha value is -1.72. The van der Waals surface area contributed by atoms with Crippen LogP contribution in [0.3, 0.4) is 0 Å². The summed E-state index contributed by atoms with van der Waals surface area (Å²) in [6.45, 7) is 2.05. The predicted molar refractivity (Wildman–Crippen MR) is 68.6 cm³/mol. The van der Waals surface area contributed by atoms with Crippen LogP contribution >= 0.6 is 0 Å².